The van der Waals surface area contributed by atoms with Crippen molar-refractivity contribution < 1.29 is 31.7 Å². The first-order valence-electron chi connectivity index (χ1n) is 5.94. The van der Waals surface area contributed by atoms with Crippen LogP contribution in [0.15, 0.2) is 30.1 Å². The topological polar surface area (TPSA) is 61.5 Å². The van der Waals surface area contributed by atoms with Crippen LogP contribution >= 0.6 is 11.8 Å². The van der Waals surface area contributed by atoms with Crippen molar-refractivity contribution in [3.8, 4) is 0 Å². The molecule has 1 aromatic heterocycles. The molecule has 1 atom stereocenters. The highest BCUT2D eigenvalue weighted by Crippen LogP contribution is 2.42. The maximum Gasteiger partial charge on any atom is 0.353 e. The standard InChI is InChI=1S/C13H12N2O3S.ClH/c1-14-5-3-2-4-9(14)8-7-19-11-6-10(16)15(11)12(8)13(17)18;/h2-5,11H,6-7H2,1H3;1H/t11-;/m0./s1. The van der Waals surface area contributed by atoms with Gasteiger partial charge in [-0.15, -0.1) is 11.8 Å². The number of aryl methyl sites for hydroxylation is 1. The molecule has 0 aromatic carbocycles. The fraction of sp³-hybridized carbons (Fsp3) is 0.308. The van der Waals surface area contributed by atoms with Crippen molar-refractivity contribution in [1.29, 1.82) is 0 Å². The zero-order valence-electron chi connectivity index (χ0n) is 10.7. The molecule has 2 aliphatic heterocycles. The van der Waals surface area contributed by atoms with Gasteiger partial charge in [0.2, 0.25) is 11.6 Å². The van der Waals surface area contributed by atoms with Crippen LogP contribution in [0.25, 0.3) is 5.57 Å². The van der Waals surface area contributed by atoms with Crippen molar-refractivity contribution in [1.82, 2.24) is 4.90 Å². The first kappa shape index (κ1) is 14.9. The number of fused-ring (bicyclic) bond motifs is 1. The van der Waals surface area contributed by atoms with E-state index in [1.54, 1.807) is 11.8 Å². The Morgan fingerprint density at radius 1 is 1.50 bits per heavy atom. The van der Waals surface area contributed by atoms with Crippen LogP contribution in [0, 0.1) is 0 Å². The third-order valence-corrected chi connectivity index (χ3v) is 4.64. The maximum absolute atomic E-state index is 11.6. The number of β-lactam (4-membered cyclic amide) rings is 1. The summed E-state index contributed by atoms with van der Waals surface area (Å²) in [5.74, 6) is -0.517. The van der Waals surface area contributed by atoms with Gasteiger partial charge >= 0.3 is 5.97 Å². The number of carbonyl (C=O) groups excluding carboxylic acids is 1. The van der Waals surface area contributed by atoms with E-state index in [1.165, 1.54) is 4.90 Å². The largest absolute Gasteiger partial charge is 1.00 e. The summed E-state index contributed by atoms with van der Waals surface area (Å²) in [6.07, 6.45) is 2.31. The number of carboxylic acids is 1. The number of rotatable bonds is 2. The molecule has 1 fully saturated rings. The second-order valence-corrected chi connectivity index (χ2v) is 5.73. The Labute approximate surface area is 126 Å². The number of carboxylic acid groups (broad SMARTS) is 1. The Morgan fingerprint density at radius 3 is 2.85 bits per heavy atom. The molecule has 20 heavy (non-hydrogen) atoms. The van der Waals surface area contributed by atoms with E-state index in [9.17, 15) is 14.7 Å². The van der Waals surface area contributed by atoms with Gasteiger partial charge in [-0.05, 0) is 6.07 Å². The fourth-order valence-corrected chi connectivity index (χ4v) is 3.72. The molecule has 0 aliphatic carbocycles. The van der Waals surface area contributed by atoms with E-state index < -0.39 is 5.97 Å². The van der Waals surface area contributed by atoms with Gasteiger partial charge in [-0.1, -0.05) is 0 Å². The Kier molecular flexibility index (Phi) is 4.06. The summed E-state index contributed by atoms with van der Waals surface area (Å²) in [4.78, 5) is 24.6. The van der Waals surface area contributed by atoms with Gasteiger partial charge in [-0.25, -0.2) is 9.36 Å². The number of thioether (sulfide) groups is 1. The van der Waals surface area contributed by atoms with Crippen LogP contribution in [0.2, 0.25) is 0 Å². The lowest BCUT2D eigenvalue weighted by molar-refractivity contribution is -0.673. The Hall–Kier alpha value is -1.53. The van der Waals surface area contributed by atoms with Crippen LogP contribution in [0.5, 0.6) is 0 Å². The lowest BCUT2D eigenvalue weighted by Gasteiger charge is -2.43. The molecule has 1 saturated heterocycles. The number of aliphatic carboxylic acids is 1. The lowest BCUT2D eigenvalue weighted by atomic mass is 10.0. The molecule has 5 nitrogen and oxygen atoms in total. The van der Waals surface area contributed by atoms with Gasteiger partial charge in [0.25, 0.3) is 0 Å². The van der Waals surface area contributed by atoms with Crippen LogP contribution in [0.4, 0.5) is 0 Å². The molecule has 2 aliphatic rings. The number of halogens is 1. The minimum atomic E-state index is -1.03. The van der Waals surface area contributed by atoms with Gasteiger partial charge in [-0.3, -0.25) is 9.69 Å². The molecule has 3 rings (SSSR count). The van der Waals surface area contributed by atoms with E-state index in [0.29, 0.717) is 17.7 Å². The highest BCUT2D eigenvalue weighted by atomic mass is 35.5. The third kappa shape index (κ3) is 2.19. The van der Waals surface area contributed by atoms with Crippen LogP contribution < -0.4 is 17.0 Å². The van der Waals surface area contributed by atoms with E-state index in [4.69, 9.17) is 0 Å². The molecule has 1 aromatic rings. The first-order chi connectivity index (χ1) is 9.09. The van der Waals surface area contributed by atoms with Crippen molar-refractivity contribution in [2.45, 2.75) is 11.8 Å². The second-order valence-electron chi connectivity index (χ2n) is 4.56. The van der Waals surface area contributed by atoms with Crippen molar-refractivity contribution in [3.05, 3.63) is 35.8 Å². The lowest BCUT2D eigenvalue weighted by Crippen LogP contribution is -3.00. The highest BCUT2D eigenvalue weighted by molar-refractivity contribution is 8.00. The smallest absolute Gasteiger partial charge is 0.353 e. The molecule has 7 heteroatoms. The molecule has 3 heterocycles. The average molecular weight is 313 g/mol. The summed E-state index contributed by atoms with van der Waals surface area (Å²) in [5.41, 5.74) is 1.69. The van der Waals surface area contributed by atoms with Crippen LogP contribution in [-0.4, -0.2) is 33.0 Å². The summed E-state index contributed by atoms with van der Waals surface area (Å²) in [6, 6.07) is 5.64. The van der Waals surface area contributed by atoms with E-state index in [0.717, 1.165) is 5.69 Å². The average Bonchev–Trinajstić information content (AvgIpc) is 2.37. The van der Waals surface area contributed by atoms with Crippen molar-refractivity contribution in [2.24, 2.45) is 7.05 Å². The van der Waals surface area contributed by atoms with Crippen LogP contribution in [-0.2, 0) is 16.6 Å². The normalized spacial score (nSPS) is 20.9. The van der Waals surface area contributed by atoms with E-state index in [1.807, 2.05) is 36.0 Å². The highest BCUT2D eigenvalue weighted by Gasteiger charge is 2.46. The second kappa shape index (κ2) is 5.46. The minimum absolute atomic E-state index is 0. The van der Waals surface area contributed by atoms with Crippen molar-refractivity contribution in [2.75, 3.05) is 5.75 Å². The van der Waals surface area contributed by atoms with Crippen LogP contribution in [0.1, 0.15) is 12.1 Å². The molecule has 0 bridgehead atoms. The number of hydrogen-bond acceptors (Lipinski definition) is 3. The molecular weight excluding hydrogens is 300 g/mol. The maximum atomic E-state index is 11.6. The Morgan fingerprint density at radius 2 is 2.25 bits per heavy atom. The van der Waals surface area contributed by atoms with Crippen molar-refractivity contribution >= 4 is 29.2 Å². The molecule has 0 unspecified atom stereocenters. The molecule has 1 N–H and O–H groups in total. The zero-order valence-corrected chi connectivity index (χ0v) is 12.3. The predicted molar refractivity (Wildman–Crippen MR) is 69.9 cm³/mol. The van der Waals surface area contributed by atoms with Gasteiger partial charge in [0.15, 0.2) is 6.20 Å². The number of hydrogen-bond donors (Lipinski definition) is 1. The number of amides is 1. The molecule has 0 radical (unpaired) electrons. The quantitative estimate of drug-likeness (QED) is 0.489. The summed E-state index contributed by atoms with van der Waals surface area (Å²) < 4.78 is 1.88. The summed E-state index contributed by atoms with van der Waals surface area (Å²) in [5, 5.41) is 9.43. The zero-order chi connectivity index (χ0) is 13.6. The van der Waals surface area contributed by atoms with Gasteiger partial charge in [0.1, 0.15) is 12.7 Å². The molecule has 1 amide bonds. The summed E-state index contributed by atoms with van der Waals surface area (Å²) in [6.45, 7) is 0. The van der Waals surface area contributed by atoms with Gasteiger partial charge < -0.3 is 17.5 Å². The number of aromatic nitrogens is 1. The Balaban J connectivity index is 0.00000147. The number of pyridine rings is 1. The van der Waals surface area contributed by atoms with E-state index in [2.05, 4.69) is 0 Å². The number of carbonyl (C=O) groups is 2. The van der Waals surface area contributed by atoms with Gasteiger partial charge in [0.05, 0.1) is 17.4 Å². The monoisotopic (exact) mass is 312 g/mol. The van der Waals surface area contributed by atoms with Crippen molar-refractivity contribution in [3.63, 3.8) is 0 Å². The molecular formula is C13H13ClN2O3S. The van der Waals surface area contributed by atoms with E-state index >= 15 is 0 Å². The Bertz CT molecular complexity index is 617. The first-order valence-corrected chi connectivity index (χ1v) is 6.99. The van der Waals surface area contributed by atoms with Gasteiger partial charge in [0, 0.05) is 17.9 Å². The summed E-state index contributed by atoms with van der Waals surface area (Å²) >= 11 is 1.62. The predicted octanol–water partition coefficient (Wildman–Crippen LogP) is -2.38. The van der Waals surface area contributed by atoms with Gasteiger partial charge in [-0.2, -0.15) is 0 Å². The molecule has 0 saturated carbocycles. The van der Waals surface area contributed by atoms with E-state index in [-0.39, 0.29) is 29.4 Å². The fourth-order valence-electron chi connectivity index (χ4n) is 2.45. The minimum Gasteiger partial charge on any atom is -1.00 e. The molecule has 0 spiro atoms. The molecule has 106 valence electrons. The van der Waals surface area contributed by atoms with Crippen LogP contribution in [0.3, 0.4) is 0 Å². The number of nitrogens with zero attached hydrogens (tertiary/aromatic N) is 2. The summed E-state index contributed by atoms with van der Waals surface area (Å²) in [7, 11) is 1.87. The third-order valence-electron chi connectivity index (χ3n) is 3.42. The SMILES string of the molecule is C[n+]1ccccc1C1=C(C(=O)O)N2C(=O)C[C@@H]2SC1.[Cl-].